The van der Waals surface area contributed by atoms with Gasteiger partial charge in [-0.2, -0.15) is 0 Å². The van der Waals surface area contributed by atoms with E-state index in [2.05, 4.69) is 0 Å². The lowest BCUT2D eigenvalue weighted by atomic mass is 10.1. The van der Waals surface area contributed by atoms with Crippen LogP contribution in [0.1, 0.15) is 6.92 Å². The Balaban J connectivity index is 2.16. The zero-order valence-electron chi connectivity index (χ0n) is 10.9. The fraction of sp³-hybridized carbons (Fsp3) is 0.583. The molecule has 1 aromatic rings. The number of carbonyl (C=O) groups excluding carboxylic acids is 1. The Hall–Kier alpha value is -1.85. The second kappa shape index (κ2) is 4.44. The molecule has 0 aliphatic carbocycles. The van der Waals surface area contributed by atoms with E-state index in [1.807, 2.05) is 4.90 Å². The van der Waals surface area contributed by atoms with E-state index in [-0.39, 0.29) is 5.91 Å². The number of nitrogens with zero attached hydrogens (tertiary/aromatic N) is 3. The van der Waals surface area contributed by atoms with Gasteiger partial charge in [0.25, 0.3) is 10.9 Å². The number of hydrogen-bond donors (Lipinski definition) is 0. The van der Waals surface area contributed by atoms with Crippen molar-refractivity contribution >= 4 is 17.3 Å². The van der Waals surface area contributed by atoms with Crippen LogP contribution in [0.2, 0.25) is 0 Å². The first kappa shape index (κ1) is 12.6. The van der Waals surface area contributed by atoms with E-state index in [4.69, 9.17) is 0 Å². The summed E-state index contributed by atoms with van der Waals surface area (Å²) in [4.78, 5) is 39.7. The molecule has 0 unspecified atom stereocenters. The number of hydrogen-bond acceptors (Lipinski definition) is 5. The molecule has 1 aromatic carbocycles. The molecule has 1 heterocycles. The van der Waals surface area contributed by atoms with Gasteiger partial charge in [0.05, 0.1) is 0 Å². The SMILES string of the molecule is CC(=O)N1CCN(c2c(N(C)C)c(=O)c2=O)CC1. The Morgan fingerprint density at radius 3 is 2.06 bits per heavy atom. The van der Waals surface area contributed by atoms with Crippen molar-refractivity contribution in [2.75, 3.05) is 50.1 Å². The van der Waals surface area contributed by atoms with Crippen molar-refractivity contribution in [3.63, 3.8) is 0 Å². The molecule has 1 aliphatic heterocycles. The summed E-state index contributed by atoms with van der Waals surface area (Å²) < 4.78 is 0. The van der Waals surface area contributed by atoms with Crippen molar-refractivity contribution in [3.8, 4) is 0 Å². The van der Waals surface area contributed by atoms with E-state index in [0.717, 1.165) is 0 Å². The first-order valence-electron chi connectivity index (χ1n) is 5.94. The molecule has 18 heavy (non-hydrogen) atoms. The average molecular weight is 251 g/mol. The monoisotopic (exact) mass is 251 g/mol. The number of amides is 1. The van der Waals surface area contributed by atoms with Crippen LogP contribution in [-0.2, 0) is 4.79 Å². The molecular formula is C12H17N3O3. The molecule has 6 heteroatoms. The number of carbonyl (C=O) groups is 1. The van der Waals surface area contributed by atoms with Crippen molar-refractivity contribution in [3.05, 3.63) is 20.4 Å². The molecule has 0 saturated carbocycles. The number of piperazine rings is 1. The van der Waals surface area contributed by atoms with Crippen LogP contribution in [-0.4, -0.2) is 51.1 Å². The Morgan fingerprint density at radius 1 is 1.06 bits per heavy atom. The van der Waals surface area contributed by atoms with Crippen molar-refractivity contribution in [2.24, 2.45) is 0 Å². The van der Waals surface area contributed by atoms with E-state index >= 15 is 0 Å². The fourth-order valence-electron chi connectivity index (χ4n) is 2.32. The first-order valence-corrected chi connectivity index (χ1v) is 5.94. The Kier molecular flexibility index (Phi) is 3.11. The van der Waals surface area contributed by atoms with Gasteiger partial charge >= 0.3 is 0 Å². The highest BCUT2D eigenvalue weighted by molar-refractivity contribution is 5.77. The molecule has 1 aliphatic rings. The van der Waals surface area contributed by atoms with Crippen LogP contribution in [0.15, 0.2) is 9.59 Å². The van der Waals surface area contributed by atoms with Crippen molar-refractivity contribution in [1.29, 1.82) is 0 Å². The van der Waals surface area contributed by atoms with Gasteiger partial charge in [0.2, 0.25) is 5.91 Å². The number of rotatable bonds is 2. The molecule has 98 valence electrons. The van der Waals surface area contributed by atoms with Crippen LogP contribution >= 0.6 is 0 Å². The van der Waals surface area contributed by atoms with Crippen molar-refractivity contribution in [2.45, 2.75) is 6.92 Å². The van der Waals surface area contributed by atoms with Gasteiger partial charge in [-0.3, -0.25) is 14.4 Å². The van der Waals surface area contributed by atoms with Crippen LogP contribution in [0.5, 0.6) is 0 Å². The minimum Gasteiger partial charge on any atom is -0.373 e. The highest BCUT2D eigenvalue weighted by Crippen LogP contribution is 2.23. The summed E-state index contributed by atoms with van der Waals surface area (Å²) in [5.41, 5.74) is 0.170. The Morgan fingerprint density at radius 2 is 1.61 bits per heavy atom. The second-order valence-corrected chi connectivity index (χ2v) is 4.74. The van der Waals surface area contributed by atoms with Gasteiger partial charge in [-0.25, -0.2) is 0 Å². The molecule has 0 aromatic heterocycles. The summed E-state index contributed by atoms with van der Waals surface area (Å²) in [6.45, 7) is 3.94. The van der Waals surface area contributed by atoms with Crippen LogP contribution in [0.25, 0.3) is 0 Å². The normalized spacial score (nSPS) is 16.2. The maximum atomic E-state index is 11.6. The third-order valence-corrected chi connectivity index (χ3v) is 3.35. The summed E-state index contributed by atoms with van der Waals surface area (Å²) in [7, 11) is 3.51. The topological polar surface area (TPSA) is 60.9 Å². The van der Waals surface area contributed by atoms with E-state index in [1.54, 1.807) is 23.9 Å². The van der Waals surface area contributed by atoms with Crippen LogP contribution < -0.4 is 20.7 Å². The average Bonchev–Trinajstić information content (AvgIpc) is 2.34. The van der Waals surface area contributed by atoms with Gasteiger partial charge in [0.15, 0.2) is 0 Å². The lowest BCUT2D eigenvalue weighted by Gasteiger charge is -2.37. The standard InChI is InChI=1S/C12H17N3O3/c1-8(16)14-4-6-15(7-5-14)10-9(13(2)3)11(17)12(10)18/h4-7H2,1-3H3. The van der Waals surface area contributed by atoms with Gasteiger partial charge in [-0.1, -0.05) is 0 Å². The zero-order chi connectivity index (χ0) is 13.4. The third-order valence-electron chi connectivity index (χ3n) is 3.35. The van der Waals surface area contributed by atoms with Crippen molar-refractivity contribution in [1.82, 2.24) is 4.90 Å². The summed E-state index contributed by atoms with van der Waals surface area (Å²) >= 11 is 0. The minimum atomic E-state index is -0.413. The van der Waals surface area contributed by atoms with Gasteiger partial charge < -0.3 is 14.7 Å². The van der Waals surface area contributed by atoms with E-state index in [1.165, 1.54) is 6.92 Å². The second-order valence-electron chi connectivity index (χ2n) is 4.74. The molecule has 0 bridgehead atoms. The van der Waals surface area contributed by atoms with Crippen LogP contribution in [0.3, 0.4) is 0 Å². The predicted molar refractivity (Wildman–Crippen MR) is 70.1 cm³/mol. The quantitative estimate of drug-likeness (QED) is 0.632. The van der Waals surface area contributed by atoms with E-state index < -0.39 is 10.9 Å². The Labute approximate surface area is 105 Å². The molecule has 0 N–H and O–H groups in total. The maximum absolute atomic E-state index is 11.6. The summed E-state index contributed by atoms with van der Waals surface area (Å²) in [6.07, 6.45) is 0. The first-order chi connectivity index (χ1) is 8.43. The van der Waals surface area contributed by atoms with Crippen LogP contribution in [0, 0.1) is 0 Å². The van der Waals surface area contributed by atoms with Gasteiger partial charge in [-0.15, -0.1) is 0 Å². The van der Waals surface area contributed by atoms with Gasteiger partial charge in [0, 0.05) is 47.2 Å². The molecule has 6 nitrogen and oxygen atoms in total. The molecule has 1 fully saturated rings. The third kappa shape index (κ3) is 1.87. The molecule has 1 amide bonds. The van der Waals surface area contributed by atoms with Crippen molar-refractivity contribution < 1.29 is 4.79 Å². The van der Waals surface area contributed by atoms with E-state index in [9.17, 15) is 14.4 Å². The predicted octanol–water partition coefficient (Wildman–Crippen LogP) is -0.983. The summed E-state index contributed by atoms with van der Waals surface area (Å²) in [6, 6.07) is 0. The molecule has 1 saturated heterocycles. The van der Waals surface area contributed by atoms with Gasteiger partial charge in [-0.05, 0) is 0 Å². The fourth-order valence-corrected chi connectivity index (χ4v) is 2.32. The lowest BCUT2D eigenvalue weighted by molar-refractivity contribution is -0.129. The molecule has 0 spiro atoms. The molecular weight excluding hydrogens is 234 g/mol. The summed E-state index contributed by atoms with van der Waals surface area (Å²) in [5, 5.41) is 0. The summed E-state index contributed by atoms with van der Waals surface area (Å²) in [5.74, 6) is 0.0486. The number of anilines is 2. The zero-order valence-corrected chi connectivity index (χ0v) is 10.9. The maximum Gasteiger partial charge on any atom is 0.253 e. The van der Waals surface area contributed by atoms with E-state index in [0.29, 0.717) is 37.6 Å². The smallest absolute Gasteiger partial charge is 0.253 e. The molecule has 0 atom stereocenters. The lowest BCUT2D eigenvalue weighted by Crippen LogP contribution is -2.53. The van der Waals surface area contributed by atoms with Crippen LogP contribution in [0.4, 0.5) is 11.4 Å². The molecule has 2 rings (SSSR count). The Bertz CT molecular complexity index is 535. The van der Waals surface area contributed by atoms with Gasteiger partial charge in [0.1, 0.15) is 11.4 Å². The largest absolute Gasteiger partial charge is 0.373 e. The highest BCUT2D eigenvalue weighted by Gasteiger charge is 2.29. The molecule has 0 radical (unpaired) electrons. The highest BCUT2D eigenvalue weighted by atomic mass is 16.2. The minimum absolute atomic E-state index is 0.0486.